The molecule has 7 heteroatoms. The van der Waals surface area contributed by atoms with Crippen molar-refractivity contribution in [1.29, 1.82) is 0 Å². The Morgan fingerprint density at radius 1 is 0.963 bits per heavy atom. The number of carbonyl (C=O) groups is 1. The molecule has 6 nitrogen and oxygen atoms in total. The molecule has 1 aliphatic rings. The Kier molecular flexibility index (Phi) is 4.98. The van der Waals surface area contributed by atoms with Gasteiger partial charge in [-0.25, -0.2) is 0 Å². The van der Waals surface area contributed by atoms with Gasteiger partial charge < -0.3 is 15.1 Å². The van der Waals surface area contributed by atoms with Gasteiger partial charge in [0.1, 0.15) is 5.69 Å². The third-order valence-corrected chi connectivity index (χ3v) is 5.12. The van der Waals surface area contributed by atoms with Crippen molar-refractivity contribution in [3.63, 3.8) is 0 Å². The van der Waals surface area contributed by atoms with Gasteiger partial charge >= 0.3 is 0 Å². The van der Waals surface area contributed by atoms with Crippen molar-refractivity contribution in [1.82, 2.24) is 10.2 Å². The first-order valence-electron chi connectivity index (χ1n) is 8.86. The monoisotopic (exact) mass is 381 g/mol. The van der Waals surface area contributed by atoms with Gasteiger partial charge in [-0.3, -0.25) is 9.89 Å². The van der Waals surface area contributed by atoms with E-state index in [1.165, 1.54) is 5.69 Å². The molecular weight excluding hydrogens is 362 g/mol. The van der Waals surface area contributed by atoms with Crippen LogP contribution in [0.4, 0.5) is 17.2 Å². The molecule has 0 spiro atoms. The molecule has 1 aromatic heterocycles. The Morgan fingerprint density at radius 3 is 2.33 bits per heavy atom. The minimum Gasteiger partial charge on any atom is -0.368 e. The van der Waals surface area contributed by atoms with Crippen LogP contribution < -0.4 is 15.1 Å². The van der Waals surface area contributed by atoms with Crippen LogP contribution in [0.1, 0.15) is 0 Å². The number of benzene rings is 2. The highest BCUT2D eigenvalue weighted by Gasteiger charge is 2.24. The van der Waals surface area contributed by atoms with Gasteiger partial charge in [0.15, 0.2) is 5.82 Å². The number of carbonyl (C=O) groups excluding carboxylic acids is 1. The number of hydrogen-bond donors (Lipinski definition) is 2. The molecule has 0 radical (unpaired) electrons. The van der Waals surface area contributed by atoms with E-state index in [1.54, 1.807) is 0 Å². The van der Waals surface area contributed by atoms with E-state index in [4.69, 9.17) is 11.6 Å². The average Bonchev–Trinajstić information content (AvgIpc) is 3.13. The number of nitrogens with zero attached hydrogens (tertiary/aromatic N) is 3. The Labute approximate surface area is 162 Å². The van der Waals surface area contributed by atoms with Crippen LogP contribution in [0, 0.1) is 0 Å². The lowest BCUT2D eigenvalue weighted by Gasteiger charge is -2.36. The second kappa shape index (κ2) is 7.72. The van der Waals surface area contributed by atoms with Gasteiger partial charge in [0.25, 0.3) is 0 Å². The van der Waals surface area contributed by atoms with Crippen molar-refractivity contribution < 1.29 is 4.79 Å². The van der Waals surface area contributed by atoms with Crippen molar-refractivity contribution in [2.75, 3.05) is 41.3 Å². The highest BCUT2D eigenvalue weighted by atomic mass is 35.5. The third kappa shape index (κ3) is 3.48. The van der Waals surface area contributed by atoms with Crippen LogP contribution in [0.3, 0.4) is 0 Å². The van der Waals surface area contributed by atoms with E-state index >= 15 is 0 Å². The van der Waals surface area contributed by atoms with Gasteiger partial charge in [-0.15, -0.1) is 0 Å². The van der Waals surface area contributed by atoms with Crippen molar-refractivity contribution >= 4 is 35.2 Å². The maximum Gasteiger partial charge on any atom is 0.211 e. The fourth-order valence-electron chi connectivity index (χ4n) is 3.43. The minimum atomic E-state index is 0.607. The van der Waals surface area contributed by atoms with E-state index in [-0.39, 0.29) is 0 Å². The number of halogens is 1. The SMILES string of the molecule is O=CNc1c(N2CCN(c3ccccc3)CC2)n[nH]c1-c1ccccc1Cl. The summed E-state index contributed by atoms with van der Waals surface area (Å²) in [5.74, 6) is 0.740. The zero-order chi connectivity index (χ0) is 18.6. The first kappa shape index (κ1) is 17.4. The summed E-state index contributed by atoms with van der Waals surface area (Å²) in [7, 11) is 0. The third-order valence-electron chi connectivity index (χ3n) is 4.79. The summed E-state index contributed by atoms with van der Waals surface area (Å²) >= 11 is 6.33. The van der Waals surface area contributed by atoms with Gasteiger partial charge in [-0.1, -0.05) is 48.0 Å². The lowest BCUT2D eigenvalue weighted by atomic mass is 10.1. The second-order valence-corrected chi connectivity index (χ2v) is 6.76. The first-order valence-corrected chi connectivity index (χ1v) is 9.24. The molecule has 138 valence electrons. The Bertz CT molecular complexity index is 919. The summed E-state index contributed by atoms with van der Waals surface area (Å²) in [6.45, 7) is 3.40. The van der Waals surface area contributed by atoms with Crippen LogP contribution >= 0.6 is 11.6 Å². The largest absolute Gasteiger partial charge is 0.368 e. The second-order valence-electron chi connectivity index (χ2n) is 6.35. The van der Waals surface area contributed by atoms with Crippen molar-refractivity contribution in [2.24, 2.45) is 0 Å². The van der Waals surface area contributed by atoms with Gasteiger partial charge in [0.2, 0.25) is 6.41 Å². The predicted molar refractivity (Wildman–Crippen MR) is 110 cm³/mol. The molecule has 4 rings (SSSR count). The molecular formula is C20H20ClN5O. The van der Waals surface area contributed by atoms with E-state index in [0.29, 0.717) is 22.8 Å². The first-order chi connectivity index (χ1) is 13.3. The molecule has 1 fully saturated rings. The molecule has 3 aromatic rings. The van der Waals surface area contributed by atoms with Crippen LogP contribution in [0.25, 0.3) is 11.3 Å². The fraction of sp³-hybridized carbons (Fsp3) is 0.200. The van der Waals surface area contributed by atoms with Crippen LogP contribution in [0.5, 0.6) is 0 Å². The standard InChI is InChI=1S/C20H20ClN5O/c21-17-9-5-4-8-16(17)18-19(22-14-27)20(24-23-18)26-12-10-25(11-13-26)15-6-2-1-3-7-15/h1-9,14H,10-13H2,(H,22,27)(H,23,24). The highest BCUT2D eigenvalue weighted by molar-refractivity contribution is 6.33. The van der Waals surface area contributed by atoms with E-state index < -0.39 is 0 Å². The molecule has 0 aliphatic carbocycles. The number of piperazine rings is 1. The summed E-state index contributed by atoms with van der Waals surface area (Å²) < 4.78 is 0. The summed E-state index contributed by atoms with van der Waals surface area (Å²) in [4.78, 5) is 15.7. The molecule has 2 heterocycles. The van der Waals surface area contributed by atoms with Crippen LogP contribution in [-0.4, -0.2) is 42.8 Å². The fourth-order valence-corrected chi connectivity index (χ4v) is 3.66. The number of aromatic amines is 1. The summed E-state index contributed by atoms with van der Waals surface area (Å²) in [6, 6.07) is 17.9. The number of nitrogens with one attached hydrogen (secondary N) is 2. The van der Waals surface area contributed by atoms with Crippen LogP contribution in [0.15, 0.2) is 54.6 Å². The Hall–Kier alpha value is -2.99. The molecule has 27 heavy (non-hydrogen) atoms. The maximum absolute atomic E-state index is 11.2. The van der Waals surface area contributed by atoms with E-state index in [2.05, 4.69) is 49.6 Å². The van der Waals surface area contributed by atoms with E-state index in [9.17, 15) is 4.79 Å². The normalized spacial score (nSPS) is 14.3. The minimum absolute atomic E-state index is 0.607. The number of para-hydroxylation sites is 1. The van der Waals surface area contributed by atoms with Crippen LogP contribution in [0.2, 0.25) is 5.02 Å². The number of anilines is 3. The van der Waals surface area contributed by atoms with Crippen molar-refractivity contribution in [3.05, 3.63) is 59.6 Å². The zero-order valence-electron chi connectivity index (χ0n) is 14.7. The number of amides is 1. The Morgan fingerprint density at radius 2 is 1.63 bits per heavy atom. The number of hydrogen-bond acceptors (Lipinski definition) is 4. The molecule has 1 saturated heterocycles. The van der Waals surface area contributed by atoms with E-state index in [0.717, 1.165) is 37.6 Å². The van der Waals surface area contributed by atoms with Gasteiger partial charge in [0.05, 0.1) is 10.7 Å². The Balaban J connectivity index is 1.58. The smallest absolute Gasteiger partial charge is 0.211 e. The molecule has 2 aromatic carbocycles. The molecule has 2 N–H and O–H groups in total. The summed E-state index contributed by atoms with van der Waals surface area (Å²) in [6.07, 6.45) is 0.676. The lowest BCUT2D eigenvalue weighted by molar-refractivity contribution is -0.105. The van der Waals surface area contributed by atoms with Gasteiger partial charge in [-0.2, -0.15) is 5.10 Å². The van der Waals surface area contributed by atoms with Gasteiger partial charge in [-0.05, 0) is 18.2 Å². The number of H-pyrrole nitrogens is 1. The zero-order valence-corrected chi connectivity index (χ0v) is 15.5. The molecule has 0 atom stereocenters. The molecule has 1 aliphatic heterocycles. The molecule has 1 amide bonds. The molecule has 0 saturated carbocycles. The number of rotatable bonds is 5. The number of aromatic nitrogens is 2. The molecule has 0 bridgehead atoms. The van der Waals surface area contributed by atoms with Crippen LogP contribution in [-0.2, 0) is 4.79 Å². The maximum atomic E-state index is 11.2. The predicted octanol–water partition coefficient (Wildman–Crippen LogP) is 3.63. The van der Waals surface area contributed by atoms with Crippen molar-refractivity contribution in [3.8, 4) is 11.3 Å². The average molecular weight is 382 g/mol. The lowest BCUT2D eigenvalue weighted by Crippen LogP contribution is -2.46. The van der Waals surface area contributed by atoms with Gasteiger partial charge in [0, 0.05) is 37.4 Å². The quantitative estimate of drug-likeness (QED) is 0.662. The topological polar surface area (TPSA) is 64.3 Å². The summed E-state index contributed by atoms with van der Waals surface area (Å²) in [5.41, 5.74) is 3.41. The van der Waals surface area contributed by atoms with Crippen molar-refractivity contribution in [2.45, 2.75) is 0 Å². The summed E-state index contributed by atoms with van der Waals surface area (Å²) in [5, 5.41) is 10.9. The van der Waals surface area contributed by atoms with E-state index in [1.807, 2.05) is 30.3 Å². The molecule has 0 unspecified atom stereocenters. The highest BCUT2D eigenvalue weighted by Crippen LogP contribution is 2.37.